The molecular formula is C14H10ClIN4. The van der Waals surface area contributed by atoms with Crippen molar-refractivity contribution in [2.24, 2.45) is 7.05 Å². The summed E-state index contributed by atoms with van der Waals surface area (Å²) in [4.78, 5) is 13.2. The molecule has 20 heavy (non-hydrogen) atoms. The number of hydrogen-bond acceptors (Lipinski definition) is 3. The van der Waals surface area contributed by atoms with Gasteiger partial charge in [0.2, 0.25) is 0 Å². The van der Waals surface area contributed by atoms with Crippen LogP contribution >= 0.6 is 34.2 Å². The second-order valence-electron chi connectivity index (χ2n) is 4.23. The Labute approximate surface area is 135 Å². The first kappa shape index (κ1) is 13.5. The van der Waals surface area contributed by atoms with Gasteiger partial charge >= 0.3 is 0 Å². The standard InChI is InChI=1S/C14H10ClIN4/c1-20-8-7-17-14(20)13-18-11(10(16)12(15)19-13)9-5-3-2-4-6-9/h2-8H,1H3. The van der Waals surface area contributed by atoms with Crippen molar-refractivity contribution >= 4 is 34.2 Å². The molecule has 1 aromatic carbocycles. The van der Waals surface area contributed by atoms with Crippen LogP contribution in [0.2, 0.25) is 5.15 Å². The Morgan fingerprint density at radius 1 is 1.15 bits per heavy atom. The van der Waals surface area contributed by atoms with E-state index in [-0.39, 0.29) is 0 Å². The molecule has 3 aromatic rings. The van der Waals surface area contributed by atoms with Gasteiger partial charge < -0.3 is 4.57 Å². The van der Waals surface area contributed by atoms with Crippen molar-refractivity contribution in [3.8, 4) is 22.9 Å². The van der Waals surface area contributed by atoms with Crippen molar-refractivity contribution < 1.29 is 0 Å². The zero-order valence-corrected chi connectivity index (χ0v) is 13.5. The first-order chi connectivity index (χ1) is 9.66. The van der Waals surface area contributed by atoms with Crippen LogP contribution in [-0.4, -0.2) is 19.5 Å². The van der Waals surface area contributed by atoms with Crippen molar-refractivity contribution in [1.82, 2.24) is 19.5 Å². The third-order valence-corrected chi connectivity index (χ3v) is 4.49. The first-order valence-corrected chi connectivity index (χ1v) is 7.38. The van der Waals surface area contributed by atoms with Crippen molar-refractivity contribution in [1.29, 1.82) is 0 Å². The van der Waals surface area contributed by atoms with Crippen LogP contribution in [0.15, 0.2) is 42.7 Å². The molecule has 0 unspecified atom stereocenters. The fourth-order valence-electron chi connectivity index (χ4n) is 1.89. The third-order valence-electron chi connectivity index (χ3n) is 2.88. The fourth-order valence-corrected chi connectivity index (χ4v) is 2.61. The molecule has 0 spiro atoms. The molecule has 2 heterocycles. The first-order valence-electron chi connectivity index (χ1n) is 5.93. The summed E-state index contributed by atoms with van der Waals surface area (Å²) in [5.74, 6) is 1.22. The second-order valence-corrected chi connectivity index (χ2v) is 5.67. The van der Waals surface area contributed by atoms with E-state index in [0.717, 1.165) is 14.8 Å². The van der Waals surface area contributed by atoms with E-state index in [9.17, 15) is 0 Å². The average molecular weight is 397 g/mol. The van der Waals surface area contributed by atoms with Gasteiger partial charge in [-0.15, -0.1) is 0 Å². The summed E-state index contributed by atoms with van der Waals surface area (Å²) >= 11 is 8.41. The Hall–Kier alpha value is -1.47. The molecule has 0 radical (unpaired) electrons. The van der Waals surface area contributed by atoms with Crippen molar-refractivity contribution in [3.63, 3.8) is 0 Å². The van der Waals surface area contributed by atoms with Gasteiger partial charge in [-0.2, -0.15) is 0 Å². The number of nitrogens with zero attached hydrogens (tertiary/aromatic N) is 4. The summed E-state index contributed by atoms with van der Waals surface area (Å²) in [7, 11) is 1.90. The molecular weight excluding hydrogens is 387 g/mol. The molecule has 0 saturated heterocycles. The Morgan fingerprint density at radius 3 is 2.55 bits per heavy atom. The highest BCUT2D eigenvalue weighted by molar-refractivity contribution is 14.1. The summed E-state index contributed by atoms with van der Waals surface area (Å²) < 4.78 is 2.71. The van der Waals surface area contributed by atoms with Gasteiger partial charge in [-0.25, -0.2) is 15.0 Å². The minimum Gasteiger partial charge on any atom is -0.331 e. The molecule has 6 heteroatoms. The highest BCUT2D eigenvalue weighted by Gasteiger charge is 2.15. The second kappa shape index (κ2) is 5.49. The van der Waals surface area contributed by atoms with Crippen LogP contribution in [0.4, 0.5) is 0 Å². The minimum atomic E-state index is 0.442. The normalized spacial score (nSPS) is 10.8. The van der Waals surface area contributed by atoms with Gasteiger partial charge in [0.25, 0.3) is 0 Å². The smallest absolute Gasteiger partial charge is 0.197 e. The summed E-state index contributed by atoms with van der Waals surface area (Å²) in [5, 5.41) is 0.442. The number of aryl methyl sites for hydroxylation is 1. The third kappa shape index (κ3) is 2.43. The van der Waals surface area contributed by atoms with Crippen LogP contribution < -0.4 is 0 Å². The van der Waals surface area contributed by atoms with E-state index in [0.29, 0.717) is 16.8 Å². The molecule has 3 rings (SSSR count). The molecule has 0 aliphatic heterocycles. The number of benzene rings is 1. The van der Waals surface area contributed by atoms with E-state index in [2.05, 4.69) is 37.5 Å². The van der Waals surface area contributed by atoms with Gasteiger partial charge in [0.1, 0.15) is 5.15 Å². The van der Waals surface area contributed by atoms with Gasteiger partial charge in [-0.05, 0) is 22.6 Å². The van der Waals surface area contributed by atoms with Crippen LogP contribution in [0.5, 0.6) is 0 Å². The summed E-state index contributed by atoms with van der Waals surface area (Å²) in [5.41, 5.74) is 1.83. The van der Waals surface area contributed by atoms with E-state index in [1.807, 2.05) is 48.1 Å². The lowest BCUT2D eigenvalue weighted by Gasteiger charge is -2.08. The van der Waals surface area contributed by atoms with E-state index < -0.39 is 0 Å². The monoisotopic (exact) mass is 396 g/mol. The lowest BCUT2D eigenvalue weighted by Crippen LogP contribution is -2.01. The number of rotatable bonds is 2. The highest BCUT2D eigenvalue weighted by Crippen LogP contribution is 2.29. The number of imidazole rings is 1. The molecule has 0 fully saturated rings. The van der Waals surface area contributed by atoms with Crippen LogP contribution in [0.3, 0.4) is 0 Å². The lowest BCUT2D eigenvalue weighted by atomic mass is 10.1. The predicted octanol–water partition coefficient (Wildman–Crippen LogP) is 3.80. The number of aromatic nitrogens is 4. The number of hydrogen-bond donors (Lipinski definition) is 0. The van der Waals surface area contributed by atoms with Crippen LogP contribution in [0, 0.1) is 3.57 Å². The predicted molar refractivity (Wildman–Crippen MR) is 87.4 cm³/mol. The van der Waals surface area contributed by atoms with Gasteiger partial charge in [0.15, 0.2) is 11.6 Å². The van der Waals surface area contributed by atoms with E-state index in [4.69, 9.17) is 11.6 Å². The topological polar surface area (TPSA) is 43.6 Å². The molecule has 0 saturated carbocycles. The summed E-state index contributed by atoms with van der Waals surface area (Å²) in [6.45, 7) is 0. The maximum absolute atomic E-state index is 6.24. The average Bonchev–Trinajstić information content (AvgIpc) is 2.89. The Bertz CT molecular complexity index is 755. The molecule has 100 valence electrons. The van der Waals surface area contributed by atoms with Crippen LogP contribution in [0.25, 0.3) is 22.9 Å². The molecule has 4 nitrogen and oxygen atoms in total. The fraction of sp³-hybridized carbons (Fsp3) is 0.0714. The molecule has 0 atom stereocenters. The zero-order valence-electron chi connectivity index (χ0n) is 10.6. The highest BCUT2D eigenvalue weighted by atomic mass is 127. The molecule has 0 aliphatic carbocycles. The Kier molecular flexibility index (Phi) is 3.71. The van der Waals surface area contributed by atoms with Gasteiger partial charge in [-0.1, -0.05) is 41.9 Å². The minimum absolute atomic E-state index is 0.442. The van der Waals surface area contributed by atoms with Crippen molar-refractivity contribution in [2.75, 3.05) is 0 Å². The largest absolute Gasteiger partial charge is 0.331 e. The molecule has 0 N–H and O–H groups in total. The number of halogens is 2. The molecule has 2 aromatic heterocycles. The lowest BCUT2D eigenvalue weighted by molar-refractivity contribution is 0.906. The molecule has 0 bridgehead atoms. The van der Waals surface area contributed by atoms with Crippen LogP contribution in [0.1, 0.15) is 0 Å². The van der Waals surface area contributed by atoms with Crippen molar-refractivity contribution in [3.05, 3.63) is 51.4 Å². The molecule has 0 aliphatic rings. The van der Waals surface area contributed by atoms with E-state index >= 15 is 0 Å². The van der Waals surface area contributed by atoms with E-state index in [1.54, 1.807) is 6.20 Å². The van der Waals surface area contributed by atoms with Gasteiger partial charge in [0.05, 0.1) is 9.26 Å². The Morgan fingerprint density at radius 2 is 1.90 bits per heavy atom. The SMILES string of the molecule is Cn1ccnc1-c1nc(Cl)c(I)c(-c2ccccc2)n1. The quantitative estimate of drug-likeness (QED) is 0.489. The summed E-state index contributed by atoms with van der Waals surface area (Å²) in [6.07, 6.45) is 3.57. The Balaban J connectivity index is 2.21. The van der Waals surface area contributed by atoms with E-state index in [1.165, 1.54) is 0 Å². The van der Waals surface area contributed by atoms with Crippen molar-refractivity contribution in [2.45, 2.75) is 0 Å². The molecule has 0 amide bonds. The van der Waals surface area contributed by atoms with Crippen LogP contribution in [-0.2, 0) is 7.05 Å². The maximum atomic E-state index is 6.24. The van der Waals surface area contributed by atoms with Gasteiger partial charge in [-0.3, -0.25) is 0 Å². The zero-order chi connectivity index (χ0) is 14.1. The summed E-state index contributed by atoms with van der Waals surface area (Å²) in [6, 6.07) is 9.93. The van der Waals surface area contributed by atoms with Gasteiger partial charge in [0, 0.05) is 25.0 Å². The maximum Gasteiger partial charge on any atom is 0.197 e.